The number of halogens is 2. The lowest BCUT2D eigenvalue weighted by Crippen LogP contribution is -2.46. The van der Waals surface area contributed by atoms with E-state index < -0.39 is 10.0 Å². The molecule has 0 saturated carbocycles. The Morgan fingerprint density at radius 3 is 2.43 bits per heavy atom. The van der Waals surface area contributed by atoms with Crippen LogP contribution in [0.3, 0.4) is 0 Å². The average molecular weight is 624 g/mol. The number of thiophene rings is 1. The fourth-order valence-electron chi connectivity index (χ4n) is 4.40. The first kappa shape index (κ1) is 30.6. The Hall–Kier alpha value is -0.920. The molecule has 0 radical (unpaired) electrons. The maximum atomic E-state index is 13.8. The van der Waals surface area contributed by atoms with Gasteiger partial charge in [-0.15, -0.1) is 35.5 Å². The van der Waals surface area contributed by atoms with E-state index in [0.717, 1.165) is 46.1 Å². The zero-order chi connectivity index (χ0) is 25.9. The highest BCUT2D eigenvalue weighted by Gasteiger charge is 2.35. The number of likely N-dealkylation sites (N-methyl/N-ethyl adjacent to an activating group) is 1. The molecule has 3 aromatic rings. The highest BCUT2D eigenvalue weighted by molar-refractivity contribution is 7.98. The number of hydrogen-bond donors (Lipinski definition) is 0. The lowest BCUT2D eigenvalue weighted by molar-refractivity contribution is -0.123. The van der Waals surface area contributed by atoms with Gasteiger partial charge in [0.05, 0.1) is 14.6 Å². The third kappa shape index (κ3) is 6.81. The molecule has 0 atom stereocenters. The summed E-state index contributed by atoms with van der Waals surface area (Å²) in [5.41, 5.74) is 0.932. The van der Waals surface area contributed by atoms with E-state index in [2.05, 4.69) is 24.8 Å². The van der Waals surface area contributed by atoms with E-state index in [0.29, 0.717) is 41.9 Å². The molecule has 1 aliphatic rings. The molecule has 1 aromatic carbocycles. The van der Waals surface area contributed by atoms with Gasteiger partial charge in [0.25, 0.3) is 10.0 Å². The third-order valence-electron chi connectivity index (χ3n) is 6.57. The Balaban J connectivity index is 0.00000380. The number of nitrogens with zero attached hydrogens (tertiary/aromatic N) is 4. The molecule has 1 amide bonds. The number of piperidine rings is 1. The number of thiazole rings is 1. The van der Waals surface area contributed by atoms with Crippen LogP contribution in [0.1, 0.15) is 26.7 Å². The molecule has 204 valence electrons. The smallest absolute Gasteiger partial charge is 0.252 e. The Bertz CT molecular complexity index is 1300. The second-order valence-electron chi connectivity index (χ2n) is 8.56. The Morgan fingerprint density at radius 1 is 1.14 bits per heavy atom. The van der Waals surface area contributed by atoms with E-state index >= 15 is 0 Å². The molecular weight excluding hydrogens is 591 g/mol. The molecule has 0 spiro atoms. The van der Waals surface area contributed by atoms with Gasteiger partial charge in [0.2, 0.25) is 5.91 Å². The number of carbonyl (C=O) groups is 1. The van der Waals surface area contributed by atoms with Crippen LogP contribution >= 0.6 is 58.4 Å². The fourth-order valence-corrected chi connectivity index (χ4v) is 9.16. The number of benzene rings is 1. The molecule has 0 bridgehead atoms. The number of hydrogen-bond acceptors (Lipinski definition) is 8. The van der Waals surface area contributed by atoms with Gasteiger partial charge in [0, 0.05) is 37.0 Å². The minimum Gasteiger partial charge on any atom is -0.302 e. The molecule has 13 heteroatoms. The molecule has 1 aliphatic heterocycles. The van der Waals surface area contributed by atoms with Crippen molar-refractivity contribution in [3.05, 3.63) is 34.7 Å². The number of sulfonamides is 1. The van der Waals surface area contributed by atoms with Crippen molar-refractivity contribution in [2.75, 3.05) is 50.4 Å². The van der Waals surface area contributed by atoms with Gasteiger partial charge in [-0.3, -0.25) is 9.69 Å². The molecule has 0 aliphatic carbocycles. The normalized spacial score (nSPS) is 15.3. The van der Waals surface area contributed by atoms with Crippen molar-refractivity contribution in [3.63, 3.8) is 0 Å². The van der Waals surface area contributed by atoms with Crippen LogP contribution < -0.4 is 4.90 Å². The Morgan fingerprint density at radius 2 is 1.84 bits per heavy atom. The van der Waals surface area contributed by atoms with E-state index in [1.165, 1.54) is 4.31 Å². The standard InChI is InChI=1S/C24H31ClN4O3S4.ClH/c1-4-27(5-2)15-16-29(24-26-22-18(33-3)7-6-8-19(22)34-24)23(30)17-11-13-28(14-12-17)36(31,32)21-10-9-20(25)35-21;/h6-10,17H,4-5,11-16H2,1-3H3;1H. The van der Waals surface area contributed by atoms with E-state index in [9.17, 15) is 13.2 Å². The van der Waals surface area contributed by atoms with Gasteiger partial charge in [-0.1, -0.05) is 42.9 Å². The molecule has 1 fully saturated rings. The second kappa shape index (κ2) is 13.4. The zero-order valence-electron chi connectivity index (χ0n) is 21.1. The summed E-state index contributed by atoms with van der Waals surface area (Å²) < 4.78 is 29.2. The molecule has 1 saturated heterocycles. The fraction of sp³-hybridized carbons (Fsp3) is 0.500. The summed E-state index contributed by atoms with van der Waals surface area (Å²) in [5, 5.41) is 0.715. The highest BCUT2D eigenvalue weighted by Crippen LogP contribution is 2.36. The largest absolute Gasteiger partial charge is 0.302 e. The number of anilines is 1. The van der Waals surface area contributed by atoms with Crippen LogP contribution in [0, 0.1) is 5.92 Å². The van der Waals surface area contributed by atoms with E-state index in [1.807, 2.05) is 23.3 Å². The molecule has 4 rings (SSSR count). The van der Waals surface area contributed by atoms with Crippen molar-refractivity contribution in [1.82, 2.24) is 14.2 Å². The van der Waals surface area contributed by atoms with Crippen LogP contribution in [-0.4, -0.2) is 74.0 Å². The SMILES string of the molecule is CCN(CC)CCN(C(=O)C1CCN(S(=O)(=O)c2ccc(Cl)s2)CC1)c1nc2c(SC)cccc2s1.Cl. The first-order valence-electron chi connectivity index (χ1n) is 12.0. The number of amides is 1. The molecule has 37 heavy (non-hydrogen) atoms. The van der Waals surface area contributed by atoms with E-state index in [-0.39, 0.29) is 28.4 Å². The van der Waals surface area contributed by atoms with Gasteiger partial charge in [-0.25, -0.2) is 13.4 Å². The summed E-state index contributed by atoms with van der Waals surface area (Å²) in [7, 11) is -3.59. The second-order valence-corrected chi connectivity index (χ2v) is 14.3. The maximum Gasteiger partial charge on any atom is 0.252 e. The minimum atomic E-state index is -3.59. The van der Waals surface area contributed by atoms with Gasteiger partial charge in [0.15, 0.2) is 5.13 Å². The van der Waals surface area contributed by atoms with Crippen molar-refractivity contribution in [1.29, 1.82) is 0 Å². The molecule has 2 aromatic heterocycles. The lowest BCUT2D eigenvalue weighted by atomic mass is 9.96. The maximum absolute atomic E-state index is 13.8. The average Bonchev–Trinajstić information content (AvgIpc) is 3.53. The summed E-state index contributed by atoms with van der Waals surface area (Å²) in [5.74, 6) is -0.213. The Labute approximate surface area is 242 Å². The van der Waals surface area contributed by atoms with Crippen molar-refractivity contribution < 1.29 is 13.2 Å². The van der Waals surface area contributed by atoms with Crippen LogP contribution in [0.2, 0.25) is 4.34 Å². The summed E-state index contributed by atoms with van der Waals surface area (Å²) in [4.78, 5) is 24.0. The topological polar surface area (TPSA) is 73.8 Å². The van der Waals surface area contributed by atoms with Gasteiger partial charge in [-0.2, -0.15) is 4.31 Å². The van der Waals surface area contributed by atoms with Crippen LogP contribution in [0.25, 0.3) is 10.2 Å². The number of aromatic nitrogens is 1. The van der Waals surface area contributed by atoms with Gasteiger partial charge in [-0.05, 0) is 56.5 Å². The lowest BCUT2D eigenvalue weighted by Gasteiger charge is -2.33. The third-order valence-corrected chi connectivity index (χ3v) is 12.0. The quantitative estimate of drug-likeness (QED) is 0.261. The number of thioether (sulfide) groups is 1. The van der Waals surface area contributed by atoms with Crippen LogP contribution in [0.5, 0.6) is 0 Å². The minimum absolute atomic E-state index is 0. The van der Waals surface area contributed by atoms with Crippen molar-refractivity contribution in [2.45, 2.75) is 35.8 Å². The van der Waals surface area contributed by atoms with E-state index in [4.69, 9.17) is 16.6 Å². The van der Waals surface area contributed by atoms with Gasteiger partial charge < -0.3 is 4.90 Å². The predicted octanol–water partition coefficient (Wildman–Crippen LogP) is 5.93. The van der Waals surface area contributed by atoms with Gasteiger partial charge in [0.1, 0.15) is 4.21 Å². The molecule has 7 nitrogen and oxygen atoms in total. The highest BCUT2D eigenvalue weighted by atomic mass is 35.5. The van der Waals surface area contributed by atoms with Crippen LogP contribution in [-0.2, 0) is 14.8 Å². The molecular formula is C24H32Cl2N4O3S4. The summed E-state index contributed by atoms with van der Waals surface area (Å²) in [6, 6.07) is 9.27. The number of fused-ring (bicyclic) bond motifs is 1. The number of para-hydroxylation sites is 1. The van der Waals surface area contributed by atoms with Gasteiger partial charge >= 0.3 is 0 Å². The molecule has 0 unspecified atom stereocenters. The van der Waals surface area contributed by atoms with Crippen molar-refractivity contribution in [3.8, 4) is 0 Å². The van der Waals surface area contributed by atoms with Crippen molar-refractivity contribution in [2.24, 2.45) is 5.92 Å². The van der Waals surface area contributed by atoms with E-state index in [1.54, 1.807) is 35.2 Å². The molecule has 3 heterocycles. The monoisotopic (exact) mass is 622 g/mol. The number of rotatable bonds is 10. The number of carbonyl (C=O) groups excluding carboxylic acids is 1. The van der Waals surface area contributed by atoms with Crippen LogP contribution in [0.15, 0.2) is 39.4 Å². The summed E-state index contributed by atoms with van der Waals surface area (Å²) in [6.07, 6.45) is 3.00. The first-order valence-corrected chi connectivity index (χ1v) is 16.7. The first-order chi connectivity index (χ1) is 17.3. The Kier molecular flexibility index (Phi) is 11.1. The van der Waals surface area contributed by atoms with Crippen molar-refractivity contribution >= 4 is 89.7 Å². The predicted molar refractivity (Wildman–Crippen MR) is 160 cm³/mol. The summed E-state index contributed by atoms with van der Waals surface area (Å²) in [6.45, 7) is 8.01. The zero-order valence-corrected chi connectivity index (χ0v) is 25.9. The van der Waals surface area contributed by atoms with Crippen LogP contribution in [0.4, 0.5) is 5.13 Å². The molecule has 0 N–H and O–H groups in total. The summed E-state index contributed by atoms with van der Waals surface area (Å²) >= 11 is 10.2.